The maximum absolute atomic E-state index is 12.7. The van der Waals surface area contributed by atoms with Crippen molar-refractivity contribution in [2.45, 2.75) is 32.2 Å². The molecule has 2 aliphatic rings. The van der Waals surface area contributed by atoms with Crippen molar-refractivity contribution in [2.75, 3.05) is 26.0 Å². The number of aromatic nitrogens is 1. The van der Waals surface area contributed by atoms with Gasteiger partial charge < -0.3 is 38.8 Å². The maximum Gasteiger partial charge on any atom is 0.272 e. The summed E-state index contributed by atoms with van der Waals surface area (Å²) in [5, 5.41) is 4.59. The average molecular weight is 564 g/mol. The first-order valence-corrected chi connectivity index (χ1v) is 11.7. The van der Waals surface area contributed by atoms with Crippen molar-refractivity contribution >= 4 is 34.1 Å². The van der Waals surface area contributed by atoms with E-state index in [2.05, 4.69) is 36.5 Å². The minimum absolute atomic E-state index is 0. The lowest BCUT2D eigenvalue weighted by Crippen LogP contribution is -3.00. The Bertz CT molecular complexity index is 1110. The molecule has 3 aromatic rings. The fraction of sp³-hybridized carbons (Fsp3) is 0.423. The number of carbonyl (C=O) groups excluding carboxylic acids is 1. The zero-order valence-electron chi connectivity index (χ0n) is 18.7. The van der Waals surface area contributed by atoms with Crippen LogP contribution in [-0.2, 0) is 6.54 Å². The van der Waals surface area contributed by atoms with Gasteiger partial charge in [0, 0.05) is 33.1 Å². The van der Waals surface area contributed by atoms with Crippen molar-refractivity contribution in [1.29, 1.82) is 0 Å². The Hall–Kier alpha value is -1.57. The Morgan fingerprint density at radius 1 is 1.09 bits per heavy atom. The molecule has 2 bridgehead atoms. The number of aromatic amines is 1. The number of anilines is 1. The van der Waals surface area contributed by atoms with E-state index >= 15 is 0 Å². The third-order valence-electron chi connectivity index (χ3n) is 7.26. The van der Waals surface area contributed by atoms with Gasteiger partial charge in [-0.3, -0.25) is 4.79 Å². The van der Waals surface area contributed by atoms with Crippen LogP contribution in [0.15, 0.2) is 48.5 Å². The van der Waals surface area contributed by atoms with Crippen LogP contribution in [-0.4, -0.2) is 36.0 Å². The summed E-state index contributed by atoms with van der Waals surface area (Å²) in [6.07, 6.45) is 5.83. The van der Waals surface area contributed by atoms with E-state index in [4.69, 9.17) is 11.6 Å². The number of rotatable bonds is 6. The zero-order chi connectivity index (χ0) is 21.6. The molecule has 1 aromatic heterocycles. The number of hydrogen-bond donors (Lipinski definition) is 2. The first kappa shape index (κ1) is 23.6. The van der Waals surface area contributed by atoms with Crippen molar-refractivity contribution < 1.29 is 33.3 Å². The molecular weight excluding hydrogens is 533 g/mol. The summed E-state index contributed by atoms with van der Waals surface area (Å²) in [6.45, 7) is 2.29. The van der Waals surface area contributed by atoms with Crippen molar-refractivity contribution in [3.05, 3.63) is 64.8 Å². The van der Waals surface area contributed by atoms with Gasteiger partial charge in [-0.15, -0.1) is 0 Å². The number of quaternary nitrogens is 1. The number of nitrogens with one attached hydrogen (secondary N) is 2. The van der Waals surface area contributed by atoms with E-state index < -0.39 is 0 Å². The van der Waals surface area contributed by atoms with Crippen LogP contribution in [0, 0.1) is 17.8 Å². The van der Waals surface area contributed by atoms with Gasteiger partial charge in [0.05, 0.1) is 20.6 Å². The zero-order valence-corrected chi connectivity index (χ0v) is 21.6. The average Bonchev–Trinajstić information content (AvgIpc) is 3.43. The van der Waals surface area contributed by atoms with Crippen molar-refractivity contribution in [3.8, 4) is 0 Å². The van der Waals surface area contributed by atoms with Crippen molar-refractivity contribution in [3.63, 3.8) is 0 Å². The van der Waals surface area contributed by atoms with Gasteiger partial charge in [0.1, 0.15) is 12.2 Å². The molecule has 2 aromatic carbocycles. The number of nitrogens with zero attached hydrogens (tertiary/aromatic N) is 1. The van der Waals surface area contributed by atoms with Crippen molar-refractivity contribution in [1.82, 2.24) is 4.98 Å². The van der Waals surface area contributed by atoms with E-state index in [9.17, 15) is 4.79 Å². The van der Waals surface area contributed by atoms with Gasteiger partial charge >= 0.3 is 0 Å². The molecule has 1 amide bonds. The first-order chi connectivity index (χ1) is 14.8. The SMILES string of the molecule is C[N+](C)(Cc1ccc(NC(=O)c2cc3cc(Cl)ccc3[nH]2)cc1)CC1CC2CCC1C2.[I-]. The molecule has 32 heavy (non-hydrogen) atoms. The van der Waals surface area contributed by atoms with Gasteiger partial charge in [0.25, 0.3) is 5.91 Å². The fourth-order valence-corrected chi connectivity index (χ4v) is 6.09. The molecule has 1 heterocycles. The quantitative estimate of drug-likeness (QED) is 0.352. The van der Waals surface area contributed by atoms with Crippen LogP contribution in [0.2, 0.25) is 5.02 Å². The summed E-state index contributed by atoms with van der Waals surface area (Å²) in [5.74, 6) is 2.73. The van der Waals surface area contributed by atoms with E-state index in [1.807, 2.05) is 36.4 Å². The van der Waals surface area contributed by atoms with Gasteiger partial charge in [-0.25, -0.2) is 0 Å². The van der Waals surface area contributed by atoms with Crippen LogP contribution in [0.1, 0.15) is 41.7 Å². The number of fused-ring (bicyclic) bond motifs is 3. The molecule has 2 fully saturated rings. The molecular formula is C26H31ClIN3O. The summed E-state index contributed by atoms with van der Waals surface area (Å²) in [6, 6.07) is 15.7. The van der Waals surface area contributed by atoms with Crippen LogP contribution in [0.4, 0.5) is 5.69 Å². The highest BCUT2D eigenvalue weighted by Crippen LogP contribution is 2.48. The normalized spacial score (nSPS) is 22.2. The van der Waals surface area contributed by atoms with E-state index in [0.29, 0.717) is 10.7 Å². The summed E-state index contributed by atoms with van der Waals surface area (Å²) < 4.78 is 1.03. The highest BCUT2D eigenvalue weighted by Gasteiger charge is 2.42. The number of hydrogen-bond acceptors (Lipinski definition) is 1. The van der Waals surface area contributed by atoms with Gasteiger partial charge in [-0.1, -0.05) is 30.2 Å². The molecule has 3 atom stereocenters. The van der Waals surface area contributed by atoms with Crippen molar-refractivity contribution in [2.24, 2.45) is 17.8 Å². The lowest BCUT2D eigenvalue weighted by atomic mass is 9.88. The molecule has 4 nitrogen and oxygen atoms in total. The maximum atomic E-state index is 12.7. The number of benzene rings is 2. The Balaban J connectivity index is 0.00000245. The molecule has 6 heteroatoms. The monoisotopic (exact) mass is 563 g/mol. The van der Waals surface area contributed by atoms with E-state index in [-0.39, 0.29) is 29.9 Å². The molecule has 0 spiro atoms. The minimum Gasteiger partial charge on any atom is -1.00 e. The van der Waals surface area contributed by atoms with E-state index in [0.717, 1.165) is 45.4 Å². The molecule has 5 rings (SSSR count). The number of amides is 1. The number of halogens is 2. The van der Waals surface area contributed by atoms with Gasteiger partial charge in [0.2, 0.25) is 0 Å². The molecule has 3 unspecified atom stereocenters. The molecule has 2 aliphatic carbocycles. The first-order valence-electron chi connectivity index (χ1n) is 11.4. The Morgan fingerprint density at radius 3 is 2.56 bits per heavy atom. The second-order valence-electron chi connectivity index (χ2n) is 10.3. The predicted octanol–water partition coefficient (Wildman–Crippen LogP) is 3.09. The summed E-state index contributed by atoms with van der Waals surface area (Å²) in [7, 11) is 4.70. The van der Waals surface area contributed by atoms with Crippen LogP contribution in [0.3, 0.4) is 0 Å². The van der Waals surface area contributed by atoms with E-state index in [1.54, 1.807) is 0 Å². The smallest absolute Gasteiger partial charge is 0.272 e. The fourth-order valence-electron chi connectivity index (χ4n) is 5.91. The third kappa shape index (κ3) is 5.15. The number of H-pyrrole nitrogens is 1. The van der Waals surface area contributed by atoms with Crippen LogP contribution < -0.4 is 29.3 Å². The van der Waals surface area contributed by atoms with Crippen LogP contribution >= 0.6 is 11.6 Å². The van der Waals surface area contributed by atoms with Crippen LogP contribution in [0.5, 0.6) is 0 Å². The van der Waals surface area contributed by atoms with Gasteiger partial charge in [-0.05, 0) is 67.5 Å². The topological polar surface area (TPSA) is 44.9 Å². The standard InChI is InChI=1S/C26H30ClN3O.HI/c1-30(2,16-21-12-18-3-6-19(21)11-18)15-17-4-8-23(9-5-17)28-26(31)25-14-20-13-22(27)7-10-24(20)29-25;/h4-5,7-10,13-14,18-19,21H,3,6,11-12,15-16H2,1-2H3,(H-,28,29,31);1H. The predicted molar refractivity (Wildman–Crippen MR) is 127 cm³/mol. The molecule has 2 N–H and O–H groups in total. The second-order valence-corrected chi connectivity index (χ2v) is 10.7. The molecule has 0 aliphatic heterocycles. The summed E-state index contributed by atoms with van der Waals surface area (Å²) in [5.41, 5.74) is 3.56. The highest BCUT2D eigenvalue weighted by atomic mass is 127. The minimum atomic E-state index is -0.146. The summed E-state index contributed by atoms with van der Waals surface area (Å²) in [4.78, 5) is 15.8. The Kier molecular flexibility index (Phi) is 6.89. The lowest BCUT2D eigenvalue weighted by Gasteiger charge is -2.35. The Labute approximate surface area is 212 Å². The number of carbonyl (C=O) groups is 1. The van der Waals surface area contributed by atoms with Crippen LogP contribution in [0.25, 0.3) is 10.9 Å². The largest absolute Gasteiger partial charge is 1.00 e. The highest BCUT2D eigenvalue weighted by molar-refractivity contribution is 6.31. The van der Waals surface area contributed by atoms with E-state index in [1.165, 1.54) is 37.8 Å². The van der Waals surface area contributed by atoms with Gasteiger partial charge in [0.15, 0.2) is 0 Å². The van der Waals surface area contributed by atoms with Gasteiger partial charge in [-0.2, -0.15) is 0 Å². The third-order valence-corrected chi connectivity index (χ3v) is 7.50. The Morgan fingerprint density at radius 2 is 1.88 bits per heavy atom. The molecule has 2 saturated carbocycles. The molecule has 170 valence electrons. The summed E-state index contributed by atoms with van der Waals surface area (Å²) >= 11 is 6.05. The lowest BCUT2D eigenvalue weighted by molar-refractivity contribution is -0.907. The molecule has 0 saturated heterocycles. The molecule has 0 radical (unpaired) electrons. The second kappa shape index (κ2) is 9.35.